The second kappa shape index (κ2) is 5.73. The van der Waals surface area contributed by atoms with Gasteiger partial charge in [0.2, 0.25) is 5.91 Å². The topological polar surface area (TPSA) is 104 Å². The lowest BCUT2D eigenvalue weighted by atomic mass is 9.92. The van der Waals surface area contributed by atoms with Crippen LogP contribution in [0.3, 0.4) is 0 Å². The van der Waals surface area contributed by atoms with E-state index in [0.717, 1.165) is 6.07 Å². The third kappa shape index (κ3) is 4.72. The minimum atomic E-state index is -1.25. The molecule has 1 aromatic carbocycles. The molecule has 0 aliphatic carbocycles. The summed E-state index contributed by atoms with van der Waals surface area (Å²) in [5.41, 5.74) is -0.423. The van der Waals surface area contributed by atoms with Gasteiger partial charge in [-0.3, -0.25) is 4.79 Å². The molecule has 0 spiro atoms. The van der Waals surface area contributed by atoms with Gasteiger partial charge >= 0.3 is 11.9 Å². The highest BCUT2D eigenvalue weighted by molar-refractivity contribution is 5.98. The quantitative estimate of drug-likeness (QED) is 0.785. The number of anilines is 1. The molecule has 108 valence electrons. The third-order valence-corrected chi connectivity index (χ3v) is 2.40. The molecule has 1 aromatic rings. The van der Waals surface area contributed by atoms with E-state index in [1.807, 2.05) is 20.8 Å². The van der Waals surface area contributed by atoms with Gasteiger partial charge in [0.25, 0.3) is 0 Å². The van der Waals surface area contributed by atoms with Crippen LogP contribution in [0.5, 0.6) is 0 Å². The maximum absolute atomic E-state index is 11.8. The zero-order valence-electron chi connectivity index (χ0n) is 11.6. The van der Waals surface area contributed by atoms with Crippen molar-refractivity contribution in [3.05, 3.63) is 29.3 Å². The molecule has 0 fully saturated rings. The number of nitrogens with one attached hydrogen (secondary N) is 1. The van der Waals surface area contributed by atoms with Crippen molar-refractivity contribution in [2.75, 3.05) is 5.32 Å². The smallest absolute Gasteiger partial charge is 0.335 e. The van der Waals surface area contributed by atoms with Crippen LogP contribution in [0, 0.1) is 5.41 Å². The molecule has 6 nitrogen and oxygen atoms in total. The van der Waals surface area contributed by atoms with Gasteiger partial charge in [0, 0.05) is 12.1 Å². The Hall–Kier alpha value is -2.37. The summed E-state index contributed by atoms with van der Waals surface area (Å²) in [5, 5.41) is 20.4. The first-order valence-corrected chi connectivity index (χ1v) is 6.00. The Bertz CT molecular complexity index is 525. The molecule has 0 unspecified atom stereocenters. The zero-order chi connectivity index (χ0) is 15.5. The highest BCUT2D eigenvalue weighted by atomic mass is 16.4. The summed E-state index contributed by atoms with van der Waals surface area (Å²) in [6.45, 7) is 5.68. The monoisotopic (exact) mass is 279 g/mol. The minimum Gasteiger partial charge on any atom is -0.478 e. The molecule has 3 N–H and O–H groups in total. The van der Waals surface area contributed by atoms with Gasteiger partial charge in [-0.25, -0.2) is 9.59 Å². The van der Waals surface area contributed by atoms with Gasteiger partial charge in [0.1, 0.15) is 0 Å². The zero-order valence-corrected chi connectivity index (χ0v) is 11.6. The first-order chi connectivity index (χ1) is 9.08. The summed E-state index contributed by atoms with van der Waals surface area (Å²) in [6, 6.07) is 3.51. The second-order valence-corrected chi connectivity index (χ2v) is 5.69. The van der Waals surface area contributed by atoms with Crippen molar-refractivity contribution in [3.8, 4) is 0 Å². The van der Waals surface area contributed by atoms with E-state index in [4.69, 9.17) is 10.2 Å². The van der Waals surface area contributed by atoms with Crippen molar-refractivity contribution in [1.82, 2.24) is 0 Å². The van der Waals surface area contributed by atoms with Gasteiger partial charge in [0.05, 0.1) is 11.1 Å². The van der Waals surface area contributed by atoms with Crippen molar-refractivity contribution in [3.63, 3.8) is 0 Å². The van der Waals surface area contributed by atoms with E-state index in [2.05, 4.69) is 5.32 Å². The Morgan fingerprint density at radius 2 is 1.45 bits per heavy atom. The fraction of sp³-hybridized carbons (Fsp3) is 0.357. The van der Waals surface area contributed by atoms with E-state index < -0.39 is 11.9 Å². The molecule has 20 heavy (non-hydrogen) atoms. The first-order valence-electron chi connectivity index (χ1n) is 6.00. The number of carbonyl (C=O) groups is 3. The molecule has 0 saturated carbocycles. The van der Waals surface area contributed by atoms with Crippen molar-refractivity contribution in [2.45, 2.75) is 27.2 Å². The summed E-state index contributed by atoms with van der Waals surface area (Å²) < 4.78 is 0. The van der Waals surface area contributed by atoms with E-state index in [1.54, 1.807) is 0 Å². The van der Waals surface area contributed by atoms with Crippen molar-refractivity contribution in [1.29, 1.82) is 0 Å². The molecular weight excluding hydrogens is 262 g/mol. The van der Waals surface area contributed by atoms with Gasteiger partial charge in [0.15, 0.2) is 0 Å². The summed E-state index contributed by atoms with van der Waals surface area (Å²) in [6.07, 6.45) is 0.243. The number of carbonyl (C=O) groups excluding carboxylic acids is 1. The van der Waals surface area contributed by atoms with E-state index in [0.29, 0.717) is 0 Å². The number of hydrogen-bond acceptors (Lipinski definition) is 3. The predicted molar refractivity (Wildman–Crippen MR) is 73.1 cm³/mol. The molecule has 6 heteroatoms. The standard InChI is InChI=1S/C14H17NO5/c1-14(2,3)7-11(16)15-10-5-8(12(17)18)4-9(6-10)13(19)20/h4-6H,7H2,1-3H3,(H,15,16)(H,17,18)(H,19,20). The Morgan fingerprint density at radius 3 is 1.80 bits per heavy atom. The average molecular weight is 279 g/mol. The molecule has 1 amide bonds. The lowest BCUT2D eigenvalue weighted by Gasteiger charge is -2.17. The largest absolute Gasteiger partial charge is 0.478 e. The normalized spacial score (nSPS) is 10.9. The van der Waals surface area contributed by atoms with Gasteiger partial charge in [-0.15, -0.1) is 0 Å². The Balaban J connectivity index is 3.03. The van der Waals surface area contributed by atoms with Crippen LogP contribution >= 0.6 is 0 Å². The number of aromatic carboxylic acids is 2. The van der Waals surface area contributed by atoms with Crippen molar-refractivity contribution >= 4 is 23.5 Å². The Labute approximate surface area is 116 Å². The fourth-order valence-corrected chi connectivity index (χ4v) is 1.63. The molecule has 0 atom stereocenters. The molecule has 0 radical (unpaired) electrons. The number of carboxylic acid groups (broad SMARTS) is 2. The molecule has 0 aromatic heterocycles. The number of carboxylic acids is 2. The SMILES string of the molecule is CC(C)(C)CC(=O)Nc1cc(C(=O)O)cc(C(=O)O)c1. The summed E-state index contributed by atoms with van der Waals surface area (Å²) >= 11 is 0. The van der Waals surface area contributed by atoms with E-state index in [-0.39, 0.29) is 34.6 Å². The van der Waals surface area contributed by atoms with Crippen LogP contribution in [-0.2, 0) is 4.79 Å². The van der Waals surface area contributed by atoms with Gasteiger partial charge < -0.3 is 15.5 Å². The lowest BCUT2D eigenvalue weighted by molar-refractivity contribution is -0.117. The minimum absolute atomic E-state index is 0.163. The number of rotatable bonds is 4. The van der Waals surface area contributed by atoms with Crippen LogP contribution in [0.2, 0.25) is 0 Å². The highest BCUT2D eigenvalue weighted by Crippen LogP contribution is 2.21. The summed E-state index contributed by atoms with van der Waals surface area (Å²) in [7, 11) is 0. The van der Waals surface area contributed by atoms with Crippen LogP contribution in [0.1, 0.15) is 47.9 Å². The second-order valence-electron chi connectivity index (χ2n) is 5.69. The molecule has 0 saturated heterocycles. The van der Waals surface area contributed by atoms with Gasteiger partial charge in [-0.1, -0.05) is 20.8 Å². The Kier molecular flexibility index (Phi) is 4.49. The molecular formula is C14H17NO5. The molecule has 0 heterocycles. The van der Waals surface area contributed by atoms with Crippen molar-refractivity contribution < 1.29 is 24.6 Å². The number of benzene rings is 1. The molecule has 0 aliphatic rings. The molecule has 0 bridgehead atoms. The highest BCUT2D eigenvalue weighted by Gasteiger charge is 2.17. The van der Waals surface area contributed by atoms with Crippen molar-refractivity contribution in [2.24, 2.45) is 5.41 Å². The molecule has 1 rings (SSSR count). The summed E-state index contributed by atoms with van der Waals surface area (Å²) in [4.78, 5) is 33.7. The first kappa shape index (κ1) is 15.7. The van der Waals surface area contributed by atoms with Gasteiger partial charge in [-0.05, 0) is 23.6 Å². The van der Waals surface area contributed by atoms with Crippen LogP contribution in [0.25, 0.3) is 0 Å². The van der Waals surface area contributed by atoms with E-state index in [1.165, 1.54) is 12.1 Å². The van der Waals surface area contributed by atoms with Crippen LogP contribution in [0.4, 0.5) is 5.69 Å². The maximum Gasteiger partial charge on any atom is 0.335 e. The van der Waals surface area contributed by atoms with Gasteiger partial charge in [-0.2, -0.15) is 0 Å². The third-order valence-electron chi connectivity index (χ3n) is 2.40. The van der Waals surface area contributed by atoms with Crippen LogP contribution in [0.15, 0.2) is 18.2 Å². The van der Waals surface area contributed by atoms with Crippen LogP contribution in [-0.4, -0.2) is 28.1 Å². The van der Waals surface area contributed by atoms with E-state index in [9.17, 15) is 14.4 Å². The number of amides is 1. The number of hydrogen-bond donors (Lipinski definition) is 3. The average Bonchev–Trinajstić information content (AvgIpc) is 2.25. The lowest BCUT2D eigenvalue weighted by Crippen LogP contribution is -2.20. The summed E-state index contributed by atoms with van der Waals surface area (Å²) in [5.74, 6) is -2.80. The maximum atomic E-state index is 11.8. The van der Waals surface area contributed by atoms with E-state index >= 15 is 0 Å². The molecule has 0 aliphatic heterocycles. The fourth-order valence-electron chi connectivity index (χ4n) is 1.63. The Morgan fingerprint density at radius 1 is 1.00 bits per heavy atom. The van der Waals surface area contributed by atoms with Crippen LogP contribution < -0.4 is 5.32 Å². The predicted octanol–water partition coefficient (Wildman–Crippen LogP) is 2.46.